The lowest BCUT2D eigenvalue weighted by molar-refractivity contribution is -0.192. The van der Waals surface area contributed by atoms with E-state index in [0.717, 1.165) is 13.1 Å². The van der Waals surface area contributed by atoms with Gasteiger partial charge in [0, 0.05) is 26.1 Å². The molecule has 5 heteroatoms. The molecule has 0 amide bonds. The molecule has 2 heterocycles. The molecule has 0 unspecified atom stereocenters. The van der Waals surface area contributed by atoms with Crippen molar-refractivity contribution in [3.05, 3.63) is 0 Å². The van der Waals surface area contributed by atoms with E-state index in [2.05, 4.69) is 5.32 Å². The van der Waals surface area contributed by atoms with Crippen molar-refractivity contribution in [2.45, 2.75) is 31.3 Å². The van der Waals surface area contributed by atoms with Gasteiger partial charge < -0.3 is 19.9 Å². The van der Waals surface area contributed by atoms with Gasteiger partial charge in [-0.05, 0) is 25.9 Å². The fourth-order valence-corrected chi connectivity index (χ4v) is 3.10. The van der Waals surface area contributed by atoms with Gasteiger partial charge >= 0.3 is 5.97 Å². The molecule has 2 rings (SSSR count). The molecule has 0 radical (unpaired) electrons. The van der Waals surface area contributed by atoms with E-state index in [4.69, 9.17) is 9.47 Å². The molecule has 0 aromatic carbocycles. The van der Waals surface area contributed by atoms with Gasteiger partial charge in [-0.25, -0.2) is 0 Å². The Bertz CT molecular complexity index is 280. The second-order valence-corrected chi connectivity index (χ2v) is 4.97. The van der Waals surface area contributed by atoms with Gasteiger partial charge in [-0.1, -0.05) is 0 Å². The van der Waals surface area contributed by atoms with E-state index in [0.29, 0.717) is 38.9 Å². The maximum atomic E-state index is 12.1. The molecule has 0 aromatic rings. The van der Waals surface area contributed by atoms with Crippen LogP contribution in [-0.2, 0) is 14.3 Å². The van der Waals surface area contributed by atoms with Crippen molar-refractivity contribution in [2.75, 3.05) is 33.4 Å². The van der Waals surface area contributed by atoms with Crippen LogP contribution >= 0.6 is 0 Å². The van der Waals surface area contributed by atoms with E-state index in [1.54, 1.807) is 0 Å². The van der Waals surface area contributed by atoms with Gasteiger partial charge in [0.05, 0.1) is 18.1 Å². The summed E-state index contributed by atoms with van der Waals surface area (Å²) in [5, 5.41) is 14.1. The van der Waals surface area contributed by atoms with E-state index >= 15 is 0 Å². The highest BCUT2D eigenvalue weighted by Crippen LogP contribution is 2.46. The molecule has 0 aliphatic carbocycles. The average molecular weight is 243 g/mol. The second kappa shape index (κ2) is 4.92. The van der Waals surface area contributed by atoms with Crippen LogP contribution in [-0.4, -0.2) is 50.1 Å². The maximum Gasteiger partial charge on any atom is 0.314 e. The Morgan fingerprint density at radius 2 is 1.82 bits per heavy atom. The smallest absolute Gasteiger partial charge is 0.314 e. The molecule has 98 valence electrons. The highest BCUT2D eigenvalue weighted by molar-refractivity contribution is 5.78. The number of nitrogens with one attached hydrogen (secondary N) is 1. The summed E-state index contributed by atoms with van der Waals surface area (Å²) >= 11 is 0. The van der Waals surface area contributed by atoms with Crippen LogP contribution in [0.5, 0.6) is 0 Å². The molecule has 0 saturated carbocycles. The van der Waals surface area contributed by atoms with E-state index in [1.807, 2.05) is 0 Å². The van der Waals surface area contributed by atoms with Crippen LogP contribution in [0, 0.1) is 5.41 Å². The monoisotopic (exact) mass is 243 g/mol. The Labute approximate surface area is 101 Å². The van der Waals surface area contributed by atoms with Crippen LogP contribution in [0.15, 0.2) is 0 Å². The molecule has 2 saturated heterocycles. The fourth-order valence-electron chi connectivity index (χ4n) is 3.10. The van der Waals surface area contributed by atoms with Crippen LogP contribution in [0.1, 0.15) is 25.7 Å². The van der Waals surface area contributed by atoms with E-state index in [-0.39, 0.29) is 5.97 Å². The predicted octanol–water partition coefficient (Wildman–Crippen LogP) is 0.0707. The lowest BCUT2D eigenvalue weighted by atomic mass is 9.63. The van der Waals surface area contributed by atoms with Crippen LogP contribution in [0.25, 0.3) is 0 Å². The first-order valence-electron chi connectivity index (χ1n) is 6.24. The Morgan fingerprint density at radius 3 is 2.35 bits per heavy atom. The quantitative estimate of drug-likeness (QED) is 0.672. The third-order valence-electron chi connectivity index (χ3n) is 4.24. The fraction of sp³-hybridized carbons (Fsp3) is 0.917. The number of esters is 1. The number of hydrogen-bond acceptors (Lipinski definition) is 5. The number of piperidine rings is 1. The molecular weight excluding hydrogens is 222 g/mol. The number of carbonyl (C=O) groups is 1. The Hall–Kier alpha value is -0.650. The van der Waals surface area contributed by atoms with Gasteiger partial charge in [0.1, 0.15) is 0 Å². The van der Waals surface area contributed by atoms with Gasteiger partial charge in [-0.2, -0.15) is 0 Å². The minimum atomic E-state index is -0.972. The van der Waals surface area contributed by atoms with Gasteiger partial charge in [-0.15, -0.1) is 0 Å². The van der Waals surface area contributed by atoms with Crippen molar-refractivity contribution in [3.8, 4) is 0 Å². The Morgan fingerprint density at radius 1 is 1.24 bits per heavy atom. The van der Waals surface area contributed by atoms with E-state index in [9.17, 15) is 9.90 Å². The molecule has 0 bridgehead atoms. The van der Waals surface area contributed by atoms with Crippen molar-refractivity contribution in [1.82, 2.24) is 5.32 Å². The normalized spacial score (nSPS) is 27.4. The van der Waals surface area contributed by atoms with Crippen molar-refractivity contribution >= 4 is 5.97 Å². The van der Waals surface area contributed by atoms with Gasteiger partial charge in [0.25, 0.3) is 0 Å². The SMILES string of the molecule is COC(=O)C1(C2(O)CCOCC2)CCNCC1. The van der Waals surface area contributed by atoms with Crippen LogP contribution in [0.2, 0.25) is 0 Å². The summed E-state index contributed by atoms with van der Waals surface area (Å²) in [7, 11) is 1.40. The van der Waals surface area contributed by atoms with Gasteiger partial charge in [-0.3, -0.25) is 4.79 Å². The number of aliphatic hydroxyl groups is 1. The van der Waals surface area contributed by atoms with Crippen molar-refractivity contribution in [1.29, 1.82) is 0 Å². The topological polar surface area (TPSA) is 67.8 Å². The minimum Gasteiger partial charge on any atom is -0.469 e. The Balaban J connectivity index is 2.27. The molecule has 17 heavy (non-hydrogen) atoms. The molecular formula is C12H21NO4. The molecule has 0 atom stereocenters. The summed E-state index contributed by atoms with van der Waals surface area (Å²) in [6, 6.07) is 0. The molecule has 2 fully saturated rings. The lowest BCUT2D eigenvalue weighted by Crippen LogP contribution is -2.60. The molecule has 2 aliphatic rings. The molecule has 0 spiro atoms. The van der Waals surface area contributed by atoms with Crippen LogP contribution in [0.3, 0.4) is 0 Å². The van der Waals surface area contributed by atoms with Crippen LogP contribution < -0.4 is 5.32 Å². The summed E-state index contributed by atoms with van der Waals surface area (Å²) in [5.74, 6) is -0.275. The van der Waals surface area contributed by atoms with Crippen LogP contribution in [0.4, 0.5) is 0 Å². The Kier molecular flexibility index (Phi) is 3.70. The third kappa shape index (κ3) is 2.07. The molecule has 5 nitrogen and oxygen atoms in total. The first-order valence-corrected chi connectivity index (χ1v) is 6.24. The largest absolute Gasteiger partial charge is 0.469 e. The first kappa shape index (κ1) is 12.8. The number of hydrogen-bond donors (Lipinski definition) is 2. The predicted molar refractivity (Wildman–Crippen MR) is 61.6 cm³/mol. The number of carbonyl (C=O) groups excluding carboxylic acids is 1. The summed E-state index contributed by atoms with van der Waals surface area (Å²) in [5.41, 5.74) is -1.72. The van der Waals surface area contributed by atoms with E-state index < -0.39 is 11.0 Å². The van der Waals surface area contributed by atoms with E-state index in [1.165, 1.54) is 7.11 Å². The zero-order valence-corrected chi connectivity index (χ0v) is 10.3. The second-order valence-electron chi connectivity index (χ2n) is 4.97. The first-order chi connectivity index (χ1) is 8.15. The minimum absolute atomic E-state index is 0.275. The molecule has 0 aromatic heterocycles. The summed E-state index contributed by atoms with van der Waals surface area (Å²) < 4.78 is 10.2. The lowest BCUT2D eigenvalue weighted by Gasteiger charge is -2.49. The summed E-state index contributed by atoms with van der Waals surface area (Å²) in [6.45, 7) is 2.53. The zero-order valence-electron chi connectivity index (χ0n) is 10.3. The number of methoxy groups -OCH3 is 1. The average Bonchev–Trinajstić information content (AvgIpc) is 2.39. The third-order valence-corrected chi connectivity index (χ3v) is 4.24. The van der Waals surface area contributed by atoms with Crippen molar-refractivity contribution in [3.63, 3.8) is 0 Å². The maximum absolute atomic E-state index is 12.1. The zero-order chi connectivity index (χ0) is 12.4. The standard InChI is InChI=1S/C12H21NO4/c1-16-10(14)11(2-6-13-7-3-11)12(15)4-8-17-9-5-12/h13,15H,2-9H2,1H3. The summed E-state index contributed by atoms with van der Waals surface area (Å²) in [6.07, 6.45) is 2.30. The highest BCUT2D eigenvalue weighted by Gasteiger charge is 2.56. The number of rotatable bonds is 2. The molecule has 2 N–H and O–H groups in total. The summed E-state index contributed by atoms with van der Waals surface area (Å²) in [4.78, 5) is 12.1. The number of ether oxygens (including phenoxy) is 2. The highest BCUT2D eigenvalue weighted by atomic mass is 16.5. The van der Waals surface area contributed by atoms with Gasteiger partial charge in [0.2, 0.25) is 0 Å². The van der Waals surface area contributed by atoms with Crippen molar-refractivity contribution < 1.29 is 19.4 Å². The van der Waals surface area contributed by atoms with Crippen molar-refractivity contribution in [2.24, 2.45) is 5.41 Å². The molecule has 2 aliphatic heterocycles. The van der Waals surface area contributed by atoms with Gasteiger partial charge in [0.15, 0.2) is 0 Å².